The highest BCUT2D eigenvalue weighted by Gasteiger charge is 2.13. The summed E-state index contributed by atoms with van der Waals surface area (Å²) in [6.07, 6.45) is 0.776. The maximum absolute atomic E-state index is 9.39. The zero-order valence-corrected chi connectivity index (χ0v) is 14.0. The van der Waals surface area contributed by atoms with E-state index in [1.807, 2.05) is 0 Å². The van der Waals surface area contributed by atoms with Crippen LogP contribution >= 0.6 is 11.3 Å². The van der Waals surface area contributed by atoms with Crippen molar-refractivity contribution in [2.24, 2.45) is 0 Å². The van der Waals surface area contributed by atoms with Gasteiger partial charge in [0.25, 0.3) is 0 Å². The van der Waals surface area contributed by atoms with Crippen molar-refractivity contribution in [3.63, 3.8) is 0 Å². The van der Waals surface area contributed by atoms with E-state index in [9.17, 15) is 5.11 Å². The second kappa shape index (κ2) is 7.05. The molecule has 0 aliphatic rings. The minimum absolute atomic E-state index is 0.0724. The minimum Gasteiger partial charge on any atom is -0.493 e. The van der Waals surface area contributed by atoms with Gasteiger partial charge in [0.2, 0.25) is 0 Å². The van der Waals surface area contributed by atoms with Crippen molar-refractivity contribution in [1.82, 2.24) is 4.98 Å². The van der Waals surface area contributed by atoms with E-state index in [1.165, 1.54) is 5.56 Å². The molecule has 1 heterocycles. The number of hydrogen-bond donors (Lipinski definition) is 1. The van der Waals surface area contributed by atoms with Crippen LogP contribution in [0.2, 0.25) is 0 Å². The van der Waals surface area contributed by atoms with Crippen LogP contribution in [0.1, 0.15) is 46.5 Å². The Kier molecular flexibility index (Phi) is 5.37. The lowest BCUT2D eigenvalue weighted by molar-refractivity contribution is 0.283. The molecular formula is C17H23NO2S. The molecule has 0 amide bonds. The lowest BCUT2D eigenvalue weighted by Crippen LogP contribution is -2.03. The zero-order chi connectivity index (χ0) is 15.4. The molecule has 2 aromatic rings. The molecule has 0 unspecified atom stereocenters. The molecule has 0 spiro atoms. The standard InChI is InChI=1S/C17H23NO2S/c1-11(2)17-15(10-19)21-16(18-17)7-8-20-14-9-12(3)5-6-13(14)4/h5-6,9,11,19H,7-8,10H2,1-4H3. The first kappa shape index (κ1) is 16.0. The predicted octanol–water partition coefficient (Wildman–Crippen LogP) is 4.00. The molecule has 0 bridgehead atoms. The average Bonchev–Trinajstić information content (AvgIpc) is 2.86. The van der Waals surface area contributed by atoms with E-state index >= 15 is 0 Å². The van der Waals surface area contributed by atoms with Gasteiger partial charge in [-0.2, -0.15) is 0 Å². The summed E-state index contributed by atoms with van der Waals surface area (Å²) in [6.45, 7) is 9.01. The lowest BCUT2D eigenvalue weighted by atomic mass is 10.1. The number of thiazole rings is 1. The van der Waals surface area contributed by atoms with Gasteiger partial charge in [0.15, 0.2) is 0 Å². The van der Waals surface area contributed by atoms with Crippen molar-refractivity contribution in [3.05, 3.63) is 44.9 Å². The number of aromatic nitrogens is 1. The van der Waals surface area contributed by atoms with E-state index in [2.05, 4.69) is 50.9 Å². The molecule has 0 aliphatic heterocycles. The molecule has 2 rings (SSSR count). The summed E-state index contributed by atoms with van der Waals surface area (Å²) in [5, 5.41) is 10.4. The van der Waals surface area contributed by atoms with Crippen LogP contribution in [0.4, 0.5) is 0 Å². The van der Waals surface area contributed by atoms with Crippen LogP contribution in [-0.4, -0.2) is 16.7 Å². The maximum Gasteiger partial charge on any atom is 0.122 e. The topological polar surface area (TPSA) is 42.4 Å². The summed E-state index contributed by atoms with van der Waals surface area (Å²) in [5.74, 6) is 1.29. The molecule has 1 aromatic heterocycles. The van der Waals surface area contributed by atoms with Gasteiger partial charge in [0, 0.05) is 6.42 Å². The Bertz CT molecular complexity index is 605. The SMILES string of the molecule is Cc1ccc(C)c(OCCc2nc(C(C)C)c(CO)s2)c1. The molecular weight excluding hydrogens is 282 g/mol. The van der Waals surface area contributed by atoms with E-state index in [4.69, 9.17) is 4.74 Å². The van der Waals surface area contributed by atoms with E-state index < -0.39 is 0 Å². The zero-order valence-electron chi connectivity index (χ0n) is 13.1. The highest BCUT2D eigenvalue weighted by Crippen LogP contribution is 2.26. The number of nitrogens with zero attached hydrogens (tertiary/aromatic N) is 1. The van der Waals surface area contributed by atoms with Gasteiger partial charge in [-0.25, -0.2) is 4.98 Å². The Labute approximate surface area is 130 Å². The van der Waals surface area contributed by atoms with Crippen molar-refractivity contribution in [3.8, 4) is 5.75 Å². The van der Waals surface area contributed by atoms with Gasteiger partial charge in [-0.1, -0.05) is 26.0 Å². The minimum atomic E-state index is 0.0724. The Morgan fingerprint density at radius 3 is 2.67 bits per heavy atom. The van der Waals surface area contributed by atoms with E-state index in [-0.39, 0.29) is 6.61 Å². The third-order valence-electron chi connectivity index (χ3n) is 3.38. The van der Waals surface area contributed by atoms with E-state index in [0.29, 0.717) is 12.5 Å². The summed E-state index contributed by atoms with van der Waals surface area (Å²) >= 11 is 1.59. The quantitative estimate of drug-likeness (QED) is 0.877. The Balaban J connectivity index is 1.99. The van der Waals surface area contributed by atoms with Gasteiger partial charge in [0.1, 0.15) is 5.75 Å². The van der Waals surface area contributed by atoms with Gasteiger partial charge in [-0.15, -0.1) is 11.3 Å². The molecule has 0 saturated carbocycles. The van der Waals surface area contributed by atoms with Crippen molar-refractivity contribution in [1.29, 1.82) is 0 Å². The van der Waals surface area contributed by atoms with Gasteiger partial charge in [-0.3, -0.25) is 0 Å². The third-order valence-corrected chi connectivity index (χ3v) is 4.50. The molecule has 4 heteroatoms. The predicted molar refractivity (Wildman–Crippen MR) is 87.2 cm³/mol. The maximum atomic E-state index is 9.39. The third kappa shape index (κ3) is 4.05. The highest BCUT2D eigenvalue weighted by molar-refractivity contribution is 7.11. The number of benzene rings is 1. The summed E-state index contributed by atoms with van der Waals surface area (Å²) in [5.41, 5.74) is 3.37. The van der Waals surface area contributed by atoms with Crippen LogP contribution in [0, 0.1) is 13.8 Å². The van der Waals surface area contributed by atoms with Crippen molar-refractivity contribution >= 4 is 11.3 Å². The molecule has 1 N–H and O–H groups in total. The van der Waals surface area contributed by atoms with Crippen LogP contribution in [0.3, 0.4) is 0 Å². The molecule has 114 valence electrons. The molecule has 0 atom stereocenters. The molecule has 0 aliphatic carbocycles. The largest absolute Gasteiger partial charge is 0.493 e. The number of rotatable bonds is 6. The van der Waals surface area contributed by atoms with Gasteiger partial charge < -0.3 is 9.84 Å². The Morgan fingerprint density at radius 2 is 2.05 bits per heavy atom. The molecule has 0 radical (unpaired) electrons. The van der Waals surface area contributed by atoms with E-state index in [0.717, 1.165) is 33.3 Å². The van der Waals surface area contributed by atoms with Crippen molar-refractivity contribution < 1.29 is 9.84 Å². The summed E-state index contributed by atoms with van der Waals surface area (Å²) in [6, 6.07) is 6.23. The molecule has 0 fully saturated rings. The first-order valence-corrected chi connectivity index (χ1v) is 8.12. The van der Waals surface area contributed by atoms with Crippen molar-refractivity contribution in [2.45, 2.75) is 46.6 Å². The molecule has 3 nitrogen and oxygen atoms in total. The summed E-state index contributed by atoms with van der Waals surface area (Å²) in [7, 11) is 0. The second-order valence-corrected chi connectivity index (χ2v) is 6.76. The fraction of sp³-hybridized carbons (Fsp3) is 0.471. The van der Waals surface area contributed by atoms with Gasteiger partial charge >= 0.3 is 0 Å². The Hall–Kier alpha value is -1.39. The number of ether oxygens (including phenoxy) is 1. The van der Waals surface area contributed by atoms with Gasteiger partial charge in [-0.05, 0) is 37.0 Å². The summed E-state index contributed by atoms with van der Waals surface area (Å²) in [4.78, 5) is 5.61. The fourth-order valence-electron chi connectivity index (χ4n) is 2.20. The number of aliphatic hydroxyl groups excluding tert-OH is 1. The van der Waals surface area contributed by atoms with Gasteiger partial charge in [0.05, 0.1) is 28.8 Å². The Morgan fingerprint density at radius 1 is 1.29 bits per heavy atom. The van der Waals surface area contributed by atoms with Crippen LogP contribution in [0.15, 0.2) is 18.2 Å². The second-order valence-electron chi connectivity index (χ2n) is 5.60. The number of hydrogen-bond acceptors (Lipinski definition) is 4. The average molecular weight is 305 g/mol. The fourth-order valence-corrected chi connectivity index (χ4v) is 3.26. The molecule has 21 heavy (non-hydrogen) atoms. The lowest BCUT2D eigenvalue weighted by Gasteiger charge is -2.09. The first-order chi connectivity index (χ1) is 10.0. The summed E-state index contributed by atoms with van der Waals surface area (Å²) < 4.78 is 5.87. The van der Waals surface area contributed by atoms with Crippen LogP contribution in [-0.2, 0) is 13.0 Å². The smallest absolute Gasteiger partial charge is 0.122 e. The van der Waals surface area contributed by atoms with Crippen LogP contribution in [0.25, 0.3) is 0 Å². The number of aryl methyl sites for hydroxylation is 2. The molecule has 0 saturated heterocycles. The van der Waals surface area contributed by atoms with Crippen LogP contribution < -0.4 is 4.74 Å². The van der Waals surface area contributed by atoms with Crippen LogP contribution in [0.5, 0.6) is 5.75 Å². The van der Waals surface area contributed by atoms with E-state index in [1.54, 1.807) is 11.3 Å². The highest BCUT2D eigenvalue weighted by atomic mass is 32.1. The normalized spacial score (nSPS) is 11.1. The first-order valence-electron chi connectivity index (χ1n) is 7.30. The van der Waals surface area contributed by atoms with Crippen molar-refractivity contribution in [2.75, 3.05) is 6.61 Å². The number of aliphatic hydroxyl groups is 1. The monoisotopic (exact) mass is 305 g/mol. The molecule has 1 aromatic carbocycles.